The van der Waals surface area contributed by atoms with E-state index in [1.54, 1.807) is 7.11 Å². The molecule has 1 aromatic heterocycles. The van der Waals surface area contributed by atoms with E-state index in [-0.39, 0.29) is 5.56 Å². The van der Waals surface area contributed by atoms with Gasteiger partial charge >= 0.3 is 0 Å². The van der Waals surface area contributed by atoms with Crippen molar-refractivity contribution < 1.29 is 18.3 Å². The van der Waals surface area contributed by atoms with E-state index in [4.69, 9.17) is 4.74 Å². The van der Waals surface area contributed by atoms with Gasteiger partial charge in [0.05, 0.1) is 12.7 Å². The average molecular weight is 330 g/mol. The van der Waals surface area contributed by atoms with E-state index in [1.165, 1.54) is 12.1 Å². The fourth-order valence-corrected chi connectivity index (χ4v) is 2.58. The molecule has 0 bridgehead atoms. The molecule has 0 radical (unpaired) electrons. The van der Waals surface area contributed by atoms with Crippen molar-refractivity contribution >= 4 is 16.8 Å². The van der Waals surface area contributed by atoms with Gasteiger partial charge in [0, 0.05) is 23.6 Å². The molecule has 0 atom stereocenters. The molecule has 0 unspecified atom stereocenters. The van der Waals surface area contributed by atoms with Crippen LogP contribution in [0.15, 0.2) is 42.6 Å². The molecule has 2 aromatic carbocycles. The van der Waals surface area contributed by atoms with Gasteiger partial charge in [0.15, 0.2) is 11.6 Å². The Morgan fingerprint density at radius 3 is 2.88 bits per heavy atom. The molecule has 3 rings (SSSR count). The molecule has 0 aliphatic rings. The molecule has 0 spiro atoms. The van der Waals surface area contributed by atoms with E-state index in [1.807, 2.05) is 24.4 Å². The predicted molar refractivity (Wildman–Crippen MR) is 87.2 cm³/mol. The highest BCUT2D eigenvalue weighted by Gasteiger charge is 2.14. The molecule has 0 aliphatic carbocycles. The van der Waals surface area contributed by atoms with Crippen molar-refractivity contribution in [1.82, 2.24) is 10.3 Å². The number of methoxy groups -OCH3 is 1. The molecular formula is C18H16F2N2O2. The summed E-state index contributed by atoms with van der Waals surface area (Å²) in [5.41, 5.74) is 1.67. The summed E-state index contributed by atoms with van der Waals surface area (Å²) in [6.45, 7) is 0.305. The van der Waals surface area contributed by atoms with Crippen molar-refractivity contribution in [3.8, 4) is 5.75 Å². The van der Waals surface area contributed by atoms with E-state index >= 15 is 0 Å². The number of hydrogen-bond donors (Lipinski definition) is 2. The molecule has 0 fully saturated rings. The highest BCUT2D eigenvalue weighted by Crippen LogP contribution is 2.23. The van der Waals surface area contributed by atoms with E-state index in [0.717, 1.165) is 28.3 Å². The van der Waals surface area contributed by atoms with Crippen LogP contribution in [-0.4, -0.2) is 24.5 Å². The smallest absolute Gasteiger partial charge is 0.254 e. The van der Waals surface area contributed by atoms with Gasteiger partial charge in [-0.05, 0) is 42.3 Å². The quantitative estimate of drug-likeness (QED) is 0.753. The van der Waals surface area contributed by atoms with E-state index in [9.17, 15) is 13.6 Å². The maximum atomic E-state index is 13.6. The minimum Gasteiger partial charge on any atom is -0.497 e. The van der Waals surface area contributed by atoms with Crippen LogP contribution in [0.1, 0.15) is 15.9 Å². The van der Waals surface area contributed by atoms with E-state index < -0.39 is 17.5 Å². The Bertz CT molecular complexity index is 890. The number of amides is 1. The first kappa shape index (κ1) is 16.0. The lowest BCUT2D eigenvalue weighted by molar-refractivity contribution is 0.0949. The highest BCUT2D eigenvalue weighted by atomic mass is 19.2. The number of carbonyl (C=O) groups is 1. The second-order valence-electron chi connectivity index (χ2n) is 5.33. The minimum absolute atomic E-state index is 0.296. The first-order valence-corrected chi connectivity index (χ1v) is 7.46. The SMILES string of the molecule is COc1ccc2[nH]cc(CCNC(=O)c3cccc(F)c3F)c2c1. The molecular weight excluding hydrogens is 314 g/mol. The van der Waals surface area contributed by atoms with Gasteiger partial charge in [0.25, 0.3) is 5.91 Å². The normalized spacial score (nSPS) is 10.8. The van der Waals surface area contributed by atoms with Crippen molar-refractivity contribution in [1.29, 1.82) is 0 Å². The Kier molecular flexibility index (Phi) is 4.46. The van der Waals surface area contributed by atoms with Crippen molar-refractivity contribution in [3.05, 3.63) is 65.4 Å². The number of hydrogen-bond acceptors (Lipinski definition) is 2. The number of nitrogens with one attached hydrogen (secondary N) is 2. The van der Waals surface area contributed by atoms with E-state index in [0.29, 0.717) is 13.0 Å². The highest BCUT2D eigenvalue weighted by molar-refractivity contribution is 5.94. The third-order valence-corrected chi connectivity index (χ3v) is 3.85. The third-order valence-electron chi connectivity index (χ3n) is 3.85. The lowest BCUT2D eigenvalue weighted by atomic mass is 10.1. The molecule has 1 heterocycles. The molecule has 4 nitrogen and oxygen atoms in total. The predicted octanol–water partition coefficient (Wildman–Crippen LogP) is 3.43. The van der Waals surface area contributed by atoms with Crippen LogP contribution in [0.5, 0.6) is 5.75 Å². The number of rotatable bonds is 5. The summed E-state index contributed by atoms with van der Waals surface area (Å²) in [4.78, 5) is 15.1. The van der Waals surface area contributed by atoms with Crippen LogP contribution in [0.2, 0.25) is 0 Å². The fraction of sp³-hybridized carbons (Fsp3) is 0.167. The Morgan fingerprint density at radius 2 is 2.08 bits per heavy atom. The first-order chi connectivity index (χ1) is 11.6. The number of fused-ring (bicyclic) bond motifs is 1. The summed E-state index contributed by atoms with van der Waals surface area (Å²) in [6.07, 6.45) is 2.41. The third kappa shape index (κ3) is 3.08. The zero-order valence-corrected chi connectivity index (χ0v) is 13.0. The second-order valence-corrected chi connectivity index (χ2v) is 5.33. The summed E-state index contributed by atoms with van der Waals surface area (Å²) in [7, 11) is 1.60. The molecule has 1 amide bonds. The van der Waals surface area contributed by atoms with E-state index in [2.05, 4.69) is 10.3 Å². The zero-order chi connectivity index (χ0) is 17.1. The van der Waals surface area contributed by atoms with Gasteiger partial charge in [-0.15, -0.1) is 0 Å². The second kappa shape index (κ2) is 6.70. The maximum absolute atomic E-state index is 13.6. The van der Waals surface area contributed by atoms with Crippen LogP contribution in [-0.2, 0) is 6.42 Å². The van der Waals surface area contributed by atoms with Gasteiger partial charge < -0.3 is 15.0 Å². The van der Waals surface area contributed by atoms with Crippen LogP contribution in [0.25, 0.3) is 10.9 Å². The standard InChI is InChI=1S/C18H16F2N2O2/c1-24-12-5-6-16-14(9-12)11(10-22-16)7-8-21-18(23)13-3-2-4-15(19)17(13)20/h2-6,9-10,22H,7-8H2,1H3,(H,21,23). The lowest BCUT2D eigenvalue weighted by Gasteiger charge is -2.06. The maximum Gasteiger partial charge on any atom is 0.254 e. The van der Waals surface area contributed by atoms with Gasteiger partial charge in [-0.2, -0.15) is 0 Å². The summed E-state index contributed by atoms with van der Waals surface area (Å²) in [6, 6.07) is 9.22. The molecule has 124 valence electrons. The van der Waals surface area contributed by atoms with Crippen LogP contribution in [0, 0.1) is 11.6 Å². The zero-order valence-electron chi connectivity index (χ0n) is 13.0. The van der Waals surface area contributed by atoms with Crippen molar-refractivity contribution in [2.75, 3.05) is 13.7 Å². The van der Waals surface area contributed by atoms with Crippen LogP contribution in [0.3, 0.4) is 0 Å². The monoisotopic (exact) mass is 330 g/mol. The number of halogens is 2. The summed E-state index contributed by atoms with van der Waals surface area (Å²) >= 11 is 0. The summed E-state index contributed by atoms with van der Waals surface area (Å²) in [5.74, 6) is -2.06. The van der Waals surface area contributed by atoms with Crippen LogP contribution >= 0.6 is 0 Å². The van der Waals surface area contributed by atoms with Gasteiger partial charge in [0.1, 0.15) is 5.75 Å². The minimum atomic E-state index is -1.13. The molecule has 2 N–H and O–H groups in total. The number of H-pyrrole nitrogens is 1. The van der Waals surface area contributed by atoms with Crippen LogP contribution < -0.4 is 10.1 Å². The van der Waals surface area contributed by atoms with Gasteiger partial charge in [0.2, 0.25) is 0 Å². The number of carbonyl (C=O) groups excluding carboxylic acids is 1. The largest absolute Gasteiger partial charge is 0.497 e. The lowest BCUT2D eigenvalue weighted by Crippen LogP contribution is -2.26. The molecule has 0 aliphatic heterocycles. The number of benzene rings is 2. The van der Waals surface area contributed by atoms with Gasteiger partial charge in [-0.1, -0.05) is 6.07 Å². The topological polar surface area (TPSA) is 54.1 Å². The van der Waals surface area contributed by atoms with Crippen molar-refractivity contribution in [2.24, 2.45) is 0 Å². The fourth-order valence-electron chi connectivity index (χ4n) is 2.58. The first-order valence-electron chi connectivity index (χ1n) is 7.46. The molecule has 3 aromatic rings. The summed E-state index contributed by atoms with van der Waals surface area (Å²) < 4.78 is 32.0. The van der Waals surface area contributed by atoms with Crippen LogP contribution in [0.4, 0.5) is 8.78 Å². The summed E-state index contributed by atoms with van der Waals surface area (Å²) in [5, 5.41) is 3.61. The average Bonchev–Trinajstić information content (AvgIpc) is 2.99. The molecule has 0 saturated heterocycles. The molecule has 24 heavy (non-hydrogen) atoms. The molecule has 6 heteroatoms. The number of aromatic amines is 1. The Hall–Kier alpha value is -2.89. The Morgan fingerprint density at radius 1 is 1.25 bits per heavy atom. The number of aromatic nitrogens is 1. The Balaban J connectivity index is 1.68. The van der Waals surface area contributed by atoms with Gasteiger partial charge in [-0.3, -0.25) is 4.79 Å². The number of ether oxygens (including phenoxy) is 1. The van der Waals surface area contributed by atoms with Crippen molar-refractivity contribution in [2.45, 2.75) is 6.42 Å². The molecule has 0 saturated carbocycles. The van der Waals surface area contributed by atoms with Gasteiger partial charge in [-0.25, -0.2) is 8.78 Å². The van der Waals surface area contributed by atoms with Crippen molar-refractivity contribution in [3.63, 3.8) is 0 Å². The Labute approximate surface area is 137 Å².